The molecule has 1 saturated heterocycles. The van der Waals surface area contributed by atoms with E-state index in [0.29, 0.717) is 6.61 Å². The zero-order valence-corrected chi connectivity index (χ0v) is 22.6. The fraction of sp³-hybridized carbons (Fsp3) is 0.375. The summed E-state index contributed by atoms with van der Waals surface area (Å²) in [5, 5.41) is 2.97. The van der Waals surface area contributed by atoms with Gasteiger partial charge in [0.1, 0.15) is 18.1 Å². The topological polar surface area (TPSA) is 63.7 Å². The maximum absolute atomic E-state index is 12.5. The van der Waals surface area contributed by atoms with Crippen molar-refractivity contribution in [2.45, 2.75) is 46.1 Å². The third-order valence-electron chi connectivity index (χ3n) is 7.66. The molecule has 2 aliphatic rings. The number of methoxy groups -OCH3 is 1. The molecule has 38 heavy (non-hydrogen) atoms. The van der Waals surface area contributed by atoms with Gasteiger partial charge in [0.2, 0.25) is 5.91 Å². The fourth-order valence-corrected chi connectivity index (χ4v) is 5.42. The van der Waals surface area contributed by atoms with Gasteiger partial charge in [0.15, 0.2) is 0 Å². The van der Waals surface area contributed by atoms with Gasteiger partial charge in [0, 0.05) is 31.4 Å². The Balaban J connectivity index is 1.16. The van der Waals surface area contributed by atoms with Gasteiger partial charge in [-0.2, -0.15) is 0 Å². The summed E-state index contributed by atoms with van der Waals surface area (Å²) in [5.41, 5.74) is 8.58. The predicted molar refractivity (Wildman–Crippen MR) is 151 cm³/mol. The van der Waals surface area contributed by atoms with Crippen molar-refractivity contribution in [3.05, 3.63) is 88.8 Å². The Bertz CT molecular complexity index is 1310. The fourth-order valence-electron chi connectivity index (χ4n) is 5.42. The summed E-state index contributed by atoms with van der Waals surface area (Å²) in [6, 6.07) is 16.6. The lowest BCUT2D eigenvalue weighted by Crippen LogP contribution is -2.52. The van der Waals surface area contributed by atoms with E-state index in [1.807, 2.05) is 12.1 Å². The van der Waals surface area contributed by atoms with Crippen LogP contribution in [0, 0.1) is 5.92 Å². The van der Waals surface area contributed by atoms with E-state index in [1.165, 1.54) is 27.8 Å². The zero-order valence-electron chi connectivity index (χ0n) is 22.6. The van der Waals surface area contributed by atoms with Crippen molar-refractivity contribution < 1.29 is 14.3 Å². The van der Waals surface area contributed by atoms with Gasteiger partial charge in [0.05, 0.1) is 24.9 Å². The highest BCUT2D eigenvalue weighted by Crippen LogP contribution is 2.35. The first-order chi connectivity index (χ1) is 18.5. The Morgan fingerprint density at radius 1 is 1.13 bits per heavy atom. The molecule has 2 heterocycles. The van der Waals surface area contributed by atoms with Gasteiger partial charge < -0.3 is 14.8 Å². The molecule has 0 radical (unpaired) electrons. The summed E-state index contributed by atoms with van der Waals surface area (Å²) >= 11 is 0. The Morgan fingerprint density at radius 2 is 2.00 bits per heavy atom. The molecular formula is C32H37N3O3. The van der Waals surface area contributed by atoms with Crippen molar-refractivity contribution >= 4 is 17.2 Å². The Morgan fingerprint density at radius 3 is 2.76 bits per heavy atom. The molecule has 198 valence electrons. The van der Waals surface area contributed by atoms with Gasteiger partial charge in [0.25, 0.3) is 0 Å². The number of nitrogens with one attached hydrogen (secondary N) is 1. The number of fused-ring (bicyclic) bond motifs is 1. The van der Waals surface area contributed by atoms with Crippen LogP contribution in [0.15, 0.2) is 66.5 Å². The molecule has 1 aliphatic heterocycles. The number of pyridine rings is 1. The van der Waals surface area contributed by atoms with Gasteiger partial charge in [-0.1, -0.05) is 37.1 Å². The second-order valence-electron chi connectivity index (χ2n) is 10.4. The van der Waals surface area contributed by atoms with Crippen molar-refractivity contribution in [3.8, 4) is 11.5 Å². The molecule has 1 amide bonds. The maximum atomic E-state index is 12.5. The predicted octanol–water partition coefficient (Wildman–Crippen LogP) is 5.91. The third-order valence-corrected chi connectivity index (χ3v) is 7.66. The highest BCUT2D eigenvalue weighted by Gasteiger charge is 2.33. The molecular weight excluding hydrogens is 474 g/mol. The number of amides is 1. The molecule has 1 N–H and O–H groups in total. The highest BCUT2D eigenvalue weighted by molar-refractivity contribution is 5.93. The molecule has 1 aromatic heterocycles. The van der Waals surface area contributed by atoms with E-state index < -0.39 is 0 Å². The quantitative estimate of drug-likeness (QED) is 0.367. The van der Waals surface area contributed by atoms with Crippen molar-refractivity contribution in [1.29, 1.82) is 0 Å². The lowest BCUT2D eigenvalue weighted by molar-refractivity contribution is -0.124. The molecule has 1 fully saturated rings. The SMILES string of the molecule is CCCc1ccc(COc2ccc3c(c2)CCC(CN2CC(C(=O)Nc4cccnc4)C2)=C3C)c(OC)c1. The largest absolute Gasteiger partial charge is 0.496 e. The molecule has 0 spiro atoms. The summed E-state index contributed by atoms with van der Waals surface area (Å²) in [7, 11) is 1.72. The standard InChI is InChI=1S/C32H37N3O3/c1-4-6-23-8-9-26(31(15-23)37-3)21-38-29-12-13-30-22(2)25(11-10-24(30)16-29)18-35-19-27(20-35)32(36)34-28-7-5-14-33-17-28/h5,7-9,12-17,27H,4,6,10-11,18-21H2,1-3H3,(H,34,36). The Hall–Kier alpha value is -3.64. The number of hydrogen-bond acceptors (Lipinski definition) is 5. The molecule has 6 nitrogen and oxygen atoms in total. The average Bonchev–Trinajstić information content (AvgIpc) is 2.91. The number of carbonyl (C=O) groups excluding carboxylic acids is 1. The number of allylic oxidation sites excluding steroid dienone is 1. The summed E-state index contributed by atoms with van der Waals surface area (Å²) < 4.78 is 11.8. The van der Waals surface area contributed by atoms with Crippen LogP contribution >= 0.6 is 0 Å². The minimum absolute atomic E-state index is 0.0353. The second kappa shape index (κ2) is 11.8. The maximum Gasteiger partial charge on any atom is 0.230 e. The van der Waals surface area contributed by atoms with Crippen molar-refractivity contribution in [2.24, 2.45) is 5.92 Å². The van der Waals surface area contributed by atoms with E-state index in [1.54, 1.807) is 19.5 Å². The number of hydrogen-bond donors (Lipinski definition) is 1. The van der Waals surface area contributed by atoms with Gasteiger partial charge in [-0.05, 0) is 78.8 Å². The number of likely N-dealkylation sites (tertiary alicyclic amines) is 1. The minimum atomic E-state index is 0.0353. The average molecular weight is 512 g/mol. The van der Waals surface area contributed by atoms with Crippen LogP contribution in [0.3, 0.4) is 0 Å². The normalized spacial score (nSPS) is 15.6. The molecule has 6 heteroatoms. The van der Waals surface area contributed by atoms with Gasteiger partial charge in [-0.25, -0.2) is 0 Å². The summed E-state index contributed by atoms with van der Waals surface area (Å²) in [5.74, 6) is 1.90. The molecule has 0 saturated carbocycles. The molecule has 2 aromatic carbocycles. The first-order valence-corrected chi connectivity index (χ1v) is 13.6. The number of aryl methyl sites for hydroxylation is 2. The van der Waals surface area contributed by atoms with E-state index in [4.69, 9.17) is 9.47 Å². The van der Waals surface area contributed by atoms with Crippen molar-refractivity contribution in [1.82, 2.24) is 9.88 Å². The number of rotatable bonds is 10. The van der Waals surface area contributed by atoms with Crippen LogP contribution in [-0.2, 0) is 24.2 Å². The van der Waals surface area contributed by atoms with E-state index in [2.05, 4.69) is 65.4 Å². The molecule has 0 unspecified atom stereocenters. The second-order valence-corrected chi connectivity index (χ2v) is 10.4. The van der Waals surface area contributed by atoms with Crippen LogP contribution in [0.1, 0.15) is 48.9 Å². The number of aromatic nitrogens is 1. The van der Waals surface area contributed by atoms with Crippen LogP contribution in [-0.4, -0.2) is 42.5 Å². The lowest BCUT2D eigenvalue weighted by Gasteiger charge is -2.39. The molecule has 3 aromatic rings. The van der Waals surface area contributed by atoms with Crippen LogP contribution in [0.4, 0.5) is 5.69 Å². The first-order valence-electron chi connectivity index (χ1n) is 13.6. The Kier molecular flexibility index (Phi) is 8.08. The summed E-state index contributed by atoms with van der Waals surface area (Å²) in [4.78, 5) is 18.9. The van der Waals surface area contributed by atoms with Gasteiger partial charge in [-0.3, -0.25) is 14.7 Å². The molecule has 5 rings (SSSR count). The van der Waals surface area contributed by atoms with E-state index in [9.17, 15) is 4.79 Å². The Labute approximate surface area is 225 Å². The van der Waals surface area contributed by atoms with Crippen molar-refractivity contribution in [3.63, 3.8) is 0 Å². The third kappa shape index (κ3) is 5.91. The molecule has 0 atom stereocenters. The molecule has 0 bridgehead atoms. The summed E-state index contributed by atoms with van der Waals surface area (Å²) in [6.45, 7) is 7.42. The first kappa shape index (κ1) is 26.0. The van der Waals surface area contributed by atoms with Gasteiger partial charge >= 0.3 is 0 Å². The summed E-state index contributed by atoms with van der Waals surface area (Å²) in [6.07, 6.45) is 7.60. The van der Waals surface area contributed by atoms with Crippen LogP contribution in [0.5, 0.6) is 11.5 Å². The smallest absolute Gasteiger partial charge is 0.230 e. The zero-order chi connectivity index (χ0) is 26.5. The van der Waals surface area contributed by atoms with E-state index in [-0.39, 0.29) is 11.8 Å². The highest BCUT2D eigenvalue weighted by atomic mass is 16.5. The van der Waals surface area contributed by atoms with Crippen LogP contribution < -0.4 is 14.8 Å². The minimum Gasteiger partial charge on any atom is -0.496 e. The van der Waals surface area contributed by atoms with E-state index in [0.717, 1.165) is 68.1 Å². The number of ether oxygens (including phenoxy) is 2. The van der Waals surface area contributed by atoms with E-state index >= 15 is 0 Å². The van der Waals surface area contributed by atoms with Crippen LogP contribution in [0.25, 0.3) is 5.57 Å². The van der Waals surface area contributed by atoms with Crippen LogP contribution in [0.2, 0.25) is 0 Å². The lowest BCUT2D eigenvalue weighted by atomic mass is 9.85. The van der Waals surface area contributed by atoms with Crippen molar-refractivity contribution in [2.75, 3.05) is 32.1 Å². The monoisotopic (exact) mass is 511 g/mol. The number of nitrogens with zero attached hydrogens (tertiary/aromatic N) is 2. The number of benzene rings is 2. The molecule has 1 aliphatic carbocycles. The number of anilines is 1. The number of carbonyl (C=O) groups is 1. The van der Waals surface area contributed by atoms with Gasteiger partial charge in [-0.15, -0.1) is 0 Å².